The fourth-order valence-electron chi connectivity index (χ4n) is 5.47. The largest absolute Gasteiger partial charge is 0.356 e. The number of rotatable bonds is 6. The standard InChI is InChI=1S/C22H21N.2C12H11N.C2H6/c1-4-10-21-18(5-2)13-8-11-17(3)23(21)22-16-9-14-19-12-6-7-15-20(19)22;2*1-3-7-11(8-4-1)13-12-9-5-2-6-10-12;1-2/h4-12,14-16H,1,3,13H2,2H3;2*1-10,13H;1-2H3/b18-5-,21-10+;;;. The molecule has 51 heavy (non-hydrogen) atoms. The average Bonchev–Trinajstić information content (AvgIpc) is 3.35. The van der Waals surface area contributed by atoms with Crippen LogP contribution in [0.3, 0.4) is 0 Å². The molecule has 3 nitrogen and oxygen atoms in total. The molecule has 256 valence electrons. The molecular formula is C48H49N3. The van der Waals surface area contributed by atoms with Crippen LogP contribution < -0.4 is 15.5 Å². The van der Waals surface area contributed by atoms with Crippen LogP contribution in [0.5, 0.6) is 0 Å². The van der Waals surface area contributed by atoms with E-state index >= 15 is 0 Å². The number of nitrogens with zero attached hydrogens (tertiary/aromatic N) is 1. The molecule has 2 N–H and O–H groups in total. The van der Waals surface area contributed by atoms with Crippen molar-refractivity contribution in [2.45, 2.75) is 27.2 Å². The molecular weight excluding hydrogens is 619 g/mol. The summed E-state index contributed by atoms with van der Waals surface area (Å²) < 4.78 is 0. The highest BCUT2D eigenvalue weighted by Crippen LogP contribution is 2.36. The first kappa shape index (κ1) is 37.5. The number of allylic oxidation sites excluding steroid dienone is 6. The van der Waals surface area contributed by atoms with Gasteiger partial charge in [-0.3, -0.25) is 0 Å². The Bertz CT molecular complexity index is 1850. The molecule has 0 spiro atoms. The molecule has 0 aromatic heterocycles. The van der Waals surface area contributed by atoms with Crippen LogP contribution in [-0.4, -0.2) is 0 Å². The lowest BCUT2D eigenvalue weighted by atomic mass is 10.0. The first-order valence-corrected chi connectivity index (χ1v) is 17.5. The van der Waals surface area contributed by atoms with E-state index in [4.69, 9.17) is 0 Å². The van der Waals surface area contributed by atoms with Crippen molar-refractivity contribution in [3.05, 3.63) is 224 Å². The Morgan fingerprint density at radius 2 is 1.00 bits per heavy atom. The molecule has 0 saturated heterocycles. The van der Waals surface area contributed by atoms with Gasteiger partial charge < -0.3 is 15.5 Å². The van der Waals surface area contributed by atoms with Crippen LogP contribution in [0.2, 0.25) is 0 Å². The minimum atomic E-state index is 0.899. The van der Waals surface area contributed by atoms with Gasteiger partial charge in [0.15, 0.2) is 0 Å². The summed E-state index contributed by atoms with van der Waals surface area (Å²) >= 11 is 0. The van der Waals surface area contributed by atoms with Gasteiger partial charge in [0.25, 0.3) is 0 Å². The van der Waals surface area contributed by atoms with Crippen LogP contribution >= 0.6 is 0 Å². The van der Waals surface area contributed by atoms with E-state index in [1.165, 1.54) is 16.3 Å². The Morgan fingerprint density at radius 1 is 0.569 bits per heavy atom. The van der Waals surface area contributed by atoms with Gasteiger partial charge in [0.05, 0.1) is 5.69 Å². The van der Waals surface area contributed by atoms with Crippen LogP contribution in [-0.2, 0) is 0 Å². The number of fused-ring (bicyclic) bond motifs is 1. The first-order valence-electron chi connectivity index (χ1n) is 17.5. The van der Waals surface area contributed by atoms with Crippen molar-refractivity contribution >= 4 is 39.2 Å². The van der Waals surface area contributed by atoms with Crippen LogP contribution in [0.4, 0.5) is 28.4 Å². The predicted molar refractivity (Wildman–Crippen MR) is 225 cm³/mol. The van der Waals surface area contributed by atoms with E-state index in [1.54, 1.807) is 0 Å². The number of para-hydroxylation sites is 4. The monoisotopic (exact) mass is 667 g/mol. The summed E-state index contributed by atoms with van der Waals surface area (Å²) in [5.41, 5.74) is 8.99. The molecule has 0 bridgehead atoms. The van der Waals surface area contributed by atoms with Crippen LogP contribution in [0, 0.1) is 0 Å². The van der Waals surface area contributed by atoms with Crippen molar-refractivity contribution in [2.24, 2.45) is 0 Å². The fourth-order valence-corrected chi connectivity index (χ4v) is 5.47. The Labute approximate surface area is 305 Å². The van der Waals surface area contributed by atoms with E-state index in [1.807, 2.05) is 141 Å². The first-order chi connectivity index (χ1) is 25.2. The van der Waals surface area contributed by atoms with Gasteiger partial charge in [0.1, 0.15) is 0 Å². The Hall–Kier alpha value is -6.32. The van der Waals surface area contributed by atoms with E-state index in [0.717, 1.165) is 46.3 Å². The molecule has 3 heteroatoms. The SMILES string of the molecule is C=C/C=C1\C(=C/C)CC=CC(=C)N1c1cccc2ccccc12.CC.c1ccc(Nc2ccccc2)cc1.c1ccc(Nc2ccccc2)cc1. The quantitative estimate of drug-likeness (QED) is 0.185. The fraction of sp³-hybridized carbons (Fsp3) is 0.0833. The van der Waals surface area contributed by atoms with Crippen molar-refractivity contribution in [3.8, 4) is 0 Å². The summed E-state index contributed by atoms with van der Waals surface area (Å²) in [7, 11) is 0. The molecule has 0 amide bonds. The number of hydrogen-bond donors (Lipinski definition) is 2. The van der Waals surface area contributed by atoms with Gasteiger partial charge in [-0.05, 0) is 91.1 Å². The minimum Gasteiger partial charge on any atom is -0.356 e. The van der Waals surface area contributed by atoms with Gasteiger partial charge in [-0.1, -0.05) is 154 Å². The summed E-state index contributed by atoms with van der Waals surface area (Å²) in [5.74, 6) is 0. The summed E-state index contributed by atoms with van der Waals surface area (Å²) in [6, 6.07) is 55.4. The second-order valence-electron chi connectivity index (χ2n) is 11.2. The van der Waals surface area contributed by atoms with E-state index in [9.17, 15) is 0 Å². The summed E-state index contributed by atoms with van der Waals surface area (Å²) in [6.07, 6.45) is 11.2. The number of nitrogens with one attached hydrogen (secondary N) is 2. The molecule has 0 aliphatic carbocycles. The lowest BCUT2D eigenvalue weighted by Crippen LogP contribution is -2.20. The van der Waals surface area contributed by atoms with E-state index in [0.29, 0.717) is 0 Å². The molecule has 1 aliphatic rings. The number of benzene rings is 6. The maximum atomic E-state index is 4.28. The third kappa shape index (κ3) is 11.4. The van der Waals surface area contributed by atoms with Crippen molar-refractivity contribution < 1.29 is 0 Å². The van der Waals surface area contributed by atoms with Gasteiger partial charge in [-0.25, -0.2) is 0 Å². The summed E-state index contributed by atoms with van der Waals surface area (Å²) in [6.45, 7) is 14.2. The van der Waals surface area contributed by atoms with Crippen molar-refractivity contribution in [1.29, 1.82) is 0 Å². The van der Waals surface area contributed by atoms with E-state index < -0.39 is 0 Å². The second kappa shape index (κ2) is 20.9. The smallest absolute Gasteiger partial charge is 0.0539 e. The summed E-state index contributed by atoms with van der Waals surface area (Å²) in [5, 5.41) is 9.05. The molecule has 0 atom stereocenters. The highest BCUT2D eigenvalue weighted by molar-refractivity contribution is 5.96. The third-order valence-electron chi connectivity index (χ3n) is 7.81. The number of anilines is 5. The molecule has 1 aliphatic heterocycles. The van der Waals surface area contributed by atoms with E-state index in [-0.39, 0.29) is 0 Å². The zero-order valence-electron chi connectivity index (χ0n) is 30.0. The molecule has 0 radical (unpaired) electrons. The molecule has 6 aromatic rings. The lowest BCUT2D eigenvalue weighted by Gasteiger charge is -2.29. The van der Waals surface area contributed by atoms with Crippen LogP contribution in [0.1, 0.15) is 27.2 Å². The number of hydrogen-bond acceptors (Lipinski definition) is 3. The van der Waals surface area contributed by atoms with E-state index in [2.05, 4.69) is 102 Å². The molecule has 6 aromatic carbocycles. The molecule has 0 fully saturated rings. The zero-order chi connectivity index (χ0) is 36.1. The third-order valence-corrected chi connectivity index (χ3v) is 7.81. The Morgan fingerprint density at radius 3 is 1.45 bits per heavy atom. The minimum absolute atomic E-state index is 0.899. The molecule has 7 rings (SSSR count). The van der Waals surface area contributed by atoms with Crippen molar-refractivity contribution in [3.63, 3.8) is 0 Å². The van der Waals surface area contributed by atoms with Crippen molar-refractivity contribution in [2.75, 3.05) is 15.5 Å². The maximum absolute atomic E-state index is 4.28. The van der Waals surface area contributed by atoms with Crippen LogP contribution in [0.15, 0.2) is 224 Å². The lowest BCUT2D eigenvalue weighted by molar-refractivity contribution is 1.10. The predicted octanol–water partition coefficient (Wildman–Crippen LogP) is 14.0. The van der Waals surface area contributed by atoms with Crippen molar-refractivity contribution in [1.82, 2.24) is 0 Å². The van der Waals surface area contributed by atoms with Gasteiger partial charge in [0.2, 0.25) is 0 Å². The van der Waals surface area contributed by atoms with Crippen LogP contribution in [0.25, 0.3) is 10.8 Å². The molecule has 0 saturated carbocycles. The summed E-state index contributed by atoms with van der Waals surface area (Å²) in [4.78, 5) is 2.23. The highest BCUT2D eigenvalue weighted by atomic mass is 15.2. The molecule has 0 unspecified atom stereocenters. The zero-order valence-corrected chi connectivity index (χ0v) is 30.0. The molecule has 1 heterocycles. The Balaban J connectivity index is 0.000000178. The highest BCUT2D eigenvalue weighted by Gasteiger charge is 2.20. The second-order valence-corrected chi connectivity index (χ2v) is 11.2. The van der Waals surface area contributed by atoms with Gasteiger partial charge in [0, 0.05) is 39.5 Å². The van der Waals surface area contributed by atoms with Gasteiger partial charge in [-0.2, -0.15) is 0 Å². The topological polar surface area (TPSA) is 27.3 Å². The van der Waals surface area contributed by atoms with Gasteiger partial charge in [-0.15, -0.1) is 0 Å². The maximum Gasteiger partial charge on any atom is 0.0539 e. The van der Waals surface area contributed by atoms with Gasteiger partial charge >= 0.3 is 0 Å². The Kier molecular flexibility index (Phi) is 15.4. The normalized spacial score (nSPS) is 13.4. The average molecular weight is 668 g/mol.